The Labute approximate surface area is 189 Å². The quantitative estimate of drug-likeness (QED) is 0.684. The van der Waals surface area contributed by atoms with Crippen LogP contribution in [0.3, 0.4) is 0 Å². The summed E-state index contributed by atoms with van der Waals surface area (Å²) in [4.78, 5) is 29.1. The van der Waals surface area contributed by atoms with Crippen molar-refractivity contribution in [3.05, 3.63) is 52.3 Å². The van der Waals surface area contributed by atoms with Crippen molar-refractivity contribution in [2.45, 2.75) is 46.2 Å². The predicted molar refractivity (Wildman–Crippen MR) is 122 cm³/mol. The summed E-state index contributed by atoms with van der Waals surface area (Å²) in [7, 11) is 2.07. The van der Waals surface area contributed by atoms with Crippen LogP contribution < -0.4 is 5.32 Å². The molecule has 0 spiro atoms. The minimum atomic E-state index is -0.0221. The molecule has 3 rings (SSSR count). The van der Waals surface area contributed by atoms with Crippen molar-refractivity contribution < 1.29 is 9.59 Å². The van der Waals surface area contributed by atoms with Gasteiger partial charge in [0.15, 0.2) is 0 Å². The molecular formula is C24H32N6O2. The van der Waals surface area contributed by atoms with Crippen molar-refractivity contribution in [1.82, 2.24) is 24.9 Å². The number of hydrogen-bond acceptors (Lipinski definition) is 5. The number of nitriles is 1. The summed E-state index contributed by atoms with van der Waals surface area (Å²) in [5.74, 6) is 0.0425. The van der Waals surface area contributed by atoms with Crippen LogP contribution in [0.15, 0.2) is 24.3 Å². The van der Waals surface area contributed by atoms with Crippen molar-refractivity contribution >= 4 is 11.8 Å². The van der Waals surface area contributed by atoms with Crippen LogP contribution in [0.4, 0.5) is 0 Å². The maximum atomic E-state index is 12.6. The molecule has 0 bridgehead atoms. The molecule has 1 fully saturated rings. The number of rotatable bonds is 8. The minimum Gasteiger partial charge on any atom is -0.352 e. The molecule has 8 nitrogen and oxygen atoms in total. The molecular weight excluding hydrogens is 404 g/mol. The number of carbonyl (C=O) groups excluding carboxylic acids is 2. The van der Waals surface area contributed by atoms with E-state index >= 15 is 0 Å². The Morgan fingerprint density at radius 1 is 1.12 bits per heavy atom. The Hall–Kier alpha value is -3.18. The minimum absolute atomic E-state index is 0.0221. The molecule has 1 aliphatic rings. The molecule has 1 N–H and O–H groups in total. The molecule has 1 aromatic heterocycles. The third-order valence-corrected chi connectivity index (χ3v) is 6.05. The lowest BCUT2D eigenvalue weighted by Gasteiger charge is -2.32. The molecule has 2 heterocycles. The first kappa shape index (κ1) is 23.5. The van der Waals surface area contributed by atoms with E-state index in [1.807, 2.05) is 47.7 Å². The fourth-order valence-electron chi connectivity index (χ4n) is 3.95. The van der Waals surface area contributed by atoms with Gasteiger partial charge in [-0.2, -0.15) is 10.4 Å². The first-order chi connectivity index (χ1) is 15.4. The lowest BCUT2D eigenvalue weighted by Crippen LogP contribution is -2.47. The molecule has 2 aromatic rings. The molecule has 0 radical (unpaired) electrons. The summed E-state index contributed by atoms with van der Waals surface area (Å²) in [5, 5.41) is 16.2. The van der Waals surface area contributed by atoms with Crippen LogP contribution in [0, 0.1) is 25.2 Å². The van der Waals surface area contributed by atoms with Gasteiger partial charge in [-0.05, 0) is 50.6 Å². The van der Waals surface area contributed by atoms with Crippen LogP contribution >= 0.6 is 0 Å². The third kappa shape index (κ3) is 5.95. The highest BCUT2D eigenvalue weighted by atomic mass is 16.2. The van der Waals surface area contributed by atoms with Gasteiger partial charge in [-0.25, -0.2) is 0 Å². The van der Waals surface area contributed by atoms with E-state index in [0.29, 0.717) is 37.9 Å². The molecule has 0 unspecified atom stereocenters. The number of hydrogen-bond donors (Lipinski definition) is 1. The van der Waals surface area contributed by atoms with Crippen molar-refractivity contribution in [1.29, 1.82) is 5.26 Å². The van der Waals surface area contributed by atoms with Gasteiger partial charge in [0, 0.05) is 50.4 Å². The van der Waals surface area contributed by atoms with Gasteiger partial charge in [0.25, 0.3) is 5.91 Å². The van der Waals surface area contributed by atoms with Gasteiger partial charge >= 0.3 is 0 Å². The Kier molecular flexibility index (Phi) is 8.01. The van der Waals surface area contributed by atoms with Gasteiger partial charge in [0.05, 0.1) is 24.7 Å². The normalized spacial score (nSPS) is 14.2. The van der Waals surface area contributed by atoms with Crippen LogP contribution in [-0.4, -0.2) is 64.6 Å². The van der Waals surface area contributed by atoms with Crippen LogP contribution in [-0.2, 0) is 24.3 Å². The number of nitrogens with zero attached hydrogens (tertiary/aromatic N) is 5. The maximum absolute atomic E-state index is 12.6. The van der Waals surface area contributed by atoms with Gasteiger partial charge in [-0.1, -0.05) is 12.1 Å². The van der Waals surface area contributed by atoms with E-state index < -0.39 is 0 Å². The smallest absolute Gasteiger partial charge is 0.253 e. The molecule has 2 amide bonds. The monoisotopic (exact) mass is 436 g/mol. The third-order valence-electron chi connectivity index (χ3n) is 6.05. The van der Waals surface area contributed by atoms with Crippen LogP contribution in [0.5, 0.6) is 0 Å². The fraction of sp³-hybridized carbons (Fsp3) is 0.500. The van der Waals surface area contributed by atoms with Gasteiger partial charge in [-0.3, -0.25) is 14.3 Å². The molecule has 1 aromatic carbocycles. The first-order valence-electron chi connectivity index (χ1n) is 11.1. The molecule has 0 atom stereocenters. The zero-order valence-electron chi connectivity index (χ0n) is 19.2. The summed E-state index contributed by atoms with van der Waals surface area (Å²) in [6.45, 7) is 8.23. The molecule has 170 valence electrons. The topological polar surface area (TPSA) is 94.3 Å². The Balaban J connectivity index is 1.47. The average molecular weight is 437 g/mol. The second kappa shape index (κ2) is 10.9. The van der Waals surface area contributed by atoms with Crippen LogP contribution in [0.25, 0.3) is 0 Å². The maximum Gasteiger partial charge on any atom is 0.253 e. The lowest BCUT2D eigenvalue weighted by atomic mass is 10.1. The SMILES string of the molecule is Cc1nn(CCC#N)c(C)c1CCC(=O)NCc1ccc(C(=O)N2CCN(C)CC2)cc1. The Bertz CT molecular complexity index is 981. The molecule has 0 saturated carbocycles. The second-order valence-corrected chi connectivity index (χ2v) is 8.35. The fourth-order valence-corrected chi connectivity index (χ4v) is 3.95. The number of aromatic nitrogens is 2. The first-order valence-corrected chi connectivity index (χ1v) is 11.1. The van der Waals surface area contributed by atoms with E-state index in [1.54, 1.807) is 0 Å². The van der Waals surface area contributed by atoms with E-state index in [2.05, 4.69) is 28.4 Å². The highest BCUT2D eigenvalue weighted by Gasteiger charge is 2.20. The van der Waals surface area contributed by atoms with Crippen molar-refractivity contribution in [2.75, 3.05) is 33.2 Å². The lowest BCUT2D eigenvalue weighted by molar-refractivity contribution is -0.121. The highest BCUT2D eigenvalue weighted by Crippen LogP contribution is 2.16. The molecule has 1 saturated heterocycles. The number of amides is 2. The second-order valence-electron chi connectivity index (χ2n) is 8.35. The highest BCUT2D eigenvalue weighted by molar-refractivity contribution is 5.94. The van der Waals surface area contributed by atoms with Crippen molar-refractivity contribution in [2.24, 2.45) is 0 Å². The molecule has 8 heteroatoms. The number of aryl methyl sites for hydroxylation is 2. The standard InChI is InChI=1S/C24H32N6O2/c1-18-22(19(2)30(27-18)12-4-11-25)9-10-23(31)26-17-20-5-7-21(8-6-20)24(32)29-15-13-28(3)14-16-29/h5-8H,4,9-10,12-17H2,1-3H3,(H,26,31). The number of piperazine rings is 1. The van der Waals surface area contributed by atoms with Crippen LogP contribution in [0.1, 0.15) is 45.7 Å². The van der Waals surface area contributed by atoms with Gasteiger partial charge in [0.2, 0.25) is 5.91 Å². The van der Waals surface area contributed by atoms with Gasteiger partial charge in [-0.15, -0.1) is 0 Å². The van der Waals surface area contributed by atoms with Crippen molar-refractivity contribution in [3.8, 4) is 6.07 Å². The van der Waals surface area contributed by atoms with E-state index in [4.69, 9.17) is 5.26 Å². The molecule has 32 heavy (non-hydrogen) atoms. The van der Waals surface area contributed by atoms with Gasteiger partial charge in [0.1, 0.15) is 0 Å². The summed E-state index contributed by atoms with van der Waals surface area (Å²) in [5.41, 5.74) is 4.65. The van der Waals surface area contributed by atoms with E-state index in [-0.39, 0.29) is 11.8 Å². The molecule has 0 aliphatic carbocycles. The van der Waals surface area contributed by atoms with E-state index in [9.17, 15) is 9.59 Å². The summed E-state index contributed by atoms with van der Waals surface area (Å²) < 4.78 is 1.84. The zero-order valence-corrected chi connectivity index (χ0v) is 19.2. The summed E-state index contributed by atoms with van der Waals surface area (Å²) >= 11 is 0. The zero-order chi connectivity index (χ0) is 23.1. The summed E-state index contributed by atoms with van der Waals surface area (Å²) in [6.07, 6.45) is 1.42. The number of benzene rings is 1. The van der Waals surface area contributed by atoms with Crippen LogP contribution in [0.2, 0.25) is 0 Å². The molecule has 1 aliphatic heterocycles. The Morgan fingerprint density at radius 2 is 1.81 bits per heavy atom. The Morgan fingerprint density at radius 3 is 2.47 bits per heavy atom. The number of likely N-dealkylation sites (N-methyl/N-ethyl adjacent to an activating group) is 1. The van der Waals surface area contributed by atoms with Gasteiger partial charge < -0.3 is 15.1 Å². The average Bonchev–Trinajstić information content (AvgIpc) is 3.07. The predicted octanol–water partition coefficient (Wildman–Crippen LogP) is 2.05. The number of nitrogens with one attached hydrogen (secondary N) is 1. The van der Waals surface area contributed by atoms with Crippen molar-refractivity contribution in [3.63, 3.8) is 0 Å². The summed E-state index contributed by atoms with van der Waals surface area (Å²) in [6, 6.07) is 9.61. The number of carbonyl (C=O) groups is 2. The van der Waals surface area contributed by atoms with E-state index in [0.717, 1.165) is 48.7 Å². The largest absolute Gasteiger partial charge is 0.352 e. The van der Waals surface area contributed by atoms with E-state index in [1.165, 1.54) is 0 Å².